The molecule has 1 N–H and O–H groups in total. The van der Waals surface area contributed by atoms with Gasteiger partial charge in [-0.2, -0.15) is 13.2 Å². The molecular weight excluding hydrogens is 431 g/mol. The van der Waals surface area contributed by atoms with Gasteiger partial charge < -0.3 is 10.2 Å². The molecule has 0 spiro atoms. The van der Waals surface area contributed by atoms with Gasteiger partial charge in [-0.1, -0.05) is 0 Å². The van der Waals surface area contributed by atoms with Crippen LogP contribution in [0, 0.1) is 0 Å². The third kappa shape index (κ3) is 5.15. The number of nitrogens with zero attached hydrogens (tertiary/aromatic N) is 4. The Morgan fingerprint density at radius 1 is 1.23 bits per heavy atom. The lowest BCUT2D eigenvalue weighted by Crippen LogP contribution is -2.45. The summed E-state index contributed by atoms with van der Waals surface area (Å²) in [6, 6.07) is 2.41. The molecule has 4 heterocycles. The number of nitrogens with one attached hydrogen (secondary N) is 1. The molecule has 166 valence electrons. The SMILES string of the molecule is O=C(Cc1csc(N2CCCC2=O)n1)NC1CCN(c2ccc(C(F)(F)F)cn2)CC1. The molecule has 2 fully saturated rings. The molecule has 0 unspecified atom stereocenters. The molecule has 2 aliphatic rings. The van der Waals surface area contributed by atoms with Gasteiger partial charge in [0.05, 0.1) is 17.7 Å². The van der Waals surface area contributed by atoms with Crippen molar-refractivity contribution >= 4 is 34.1 Å². The fourth-order valence-electron chi connectivity index (χ4n) is 3.79. The lowest BCUT2D eigenvalue weighted by atomic mass is 10.0. The summed E-state index contributed by atoms with van der Waals surface area (Å²) >= 11 is 1.37. The maximum Gasteiger partial charge on any atom is 0.417 e. The standard InChI is InChI=1S/C20H22F3N5O2S/c21-20(22,23)13-3-4-16(24-11-13)27-8-5-14(6-9-27)25-17(29)10-15-12-31-19(26-15)28-7-1-2-18(28)30/h3-4,11-12,14H,1-2,5-10H2,(H,25,29). The number of carbonyl (C=O) groups is 2. The Morgan fingerprint density at radius 3 is 2.61 bits per heavy atom. The Kier molecular flexibility index (Phi) is 6.12. The van der Waals surface area contributed by atoms with E-state index in [0.717, 1.165) is 18.7 Å². The van der Waals surface area contributed by atoms with Gasteiger partial charge in [-0.3, -0.25) is 14.5 Å². The summed E-state index contributed by atoms with van der Waals surface area (Å²) in [5.74, 6) is 0.444. The second kappa shape index (κ2) is 8.81. The Balaban J connectivity index is 1.25. The average molecular weight is 453 g/mol. The summed E-state index contributed by atoms with van der Waals surface area (Å²) in [6.45, 7) is 1.87. The first-order chi connectivity index (χ1) is 14.8. The highest BCUT2D eigenvalue weighted by molar-refractivity contribution is 7.14. The van der Waals surface area contributed by atoms with Gasteiger partial charge in [0.15, 0.2) is 5.13 Å². The Hall–Kier alpha value is -2.69. The number of rotatable bonds is 5. The van der Waals surface area contributed by atoms with Crippen LogP contribution in [-0.4, -0.2) is 47.5 Å². The maximum absolute atomic E-state index is 12.7. The summed E-state index contributed by atoms with van der Waals surface area (Å²) in [7, 11) is 0. The maximum atomic E-state index is 12.7. The first kappa shape index (κ1) is 21.5. The summed E-state index contributed by atoms with van der Waals surface area (Å²) in [5, 5.41) is 5.45. The fourth-order valence-corrected chi connectivity index (χ4v) is 4.66. The molecular formula is C20H22F3N5O2S. The van der Waals surface area contributed by atoms with E-state index in [2.05, 4.69) is 15.3 Å². The summed E-state index contributed by atoms with van der Waals surface area (Å²) < 4.78 is 38.0. The fraction of sp³-hybridized carbons (Fsp3) is 0.500. The van der Waals surface area contributed by atoms with Crippen molar-refractivity contribution in [3.63, 3.8) is 0 Å². The van der Waals surface area contributed by atoms with Crippen LogP contribution in [0.4, 0.5) is 24.1 Å². The smallest absolute Gasteiger partial charge is 0.356 e. The van der Waals surface area contributed by atoms with Crippen molar-refractivity contribution in [1.29, 1.82) is 0 Å². The Morgan fingerprint density at radius 2 is 2.00 bits per heavy atom. The van der Waals surface area contributed by atoms with Gasteiger partial charge >= 0.3 is 6.18 Å². The highest BCUT2D eigenvalue weighted by atomic mass is 32.1. The summed E-state index contributed by atoms with van der Waals surface area (Å²) in [4.78, 5) is 36.1. The first-order valence-corrected chi connectivity index (χ1v) is 11.0. The van der Waals surface area contributed by atoms with Crippen molar-refractivity contribution in [2.75, 3.05) is 29.4 Å². The number of halogens is 3. The van der Waals surface area contributed by atoms with Crippen molar-refractivity contribution < 1.29 is 22.8 Å². The van der Waals surface area contributed by atoms with Crippen LogP contribution < -0.4 is 15.1 Å². The van der Waals surface area contributed by atoms with Gasteiger partial charge in [0, 0.05) is 43.7 Å². The molecule has 0 saturated carbocycles. The van der Waals surface area contributed by atoms with E-state index < -0.39 is 11.7 Å². The van der Waals surface area contributed by atoms with Gasteiger partial charge in [-0.05, 0) is 31.4 Å². The minimum absolute atomic E-state index is 0.00327. The van der Waals surface area contributed by atoms with Crippen molar-refractivity contribution in [3.8, 4) is 0 Å². The molecule has 11 heteroatoms. The van der Waals surface area contributed by atoms with Crippen LogP contribution in [0.5, 0.6) is 0 Å². The normalized spacial score (nSPS) is 18.0. The van der Waals surface area contributed by atoms with E-state index in [0.29, 0.717) is 55.5 Å². The van der Waals surface area contributed by atoms with Crippen LogP contribution in [0.2, 0.25) is 0 Å². The van der Waals surface area contributed by atoms with E-state index in [1.54, 1.807) is 10.3 Å². The van der Waals surface area contributed by atoms with Crippen LogP contribution in [0.25, 0.3) is 0 Å². The number of pyridine rings is 1. The van der Waals surface area contributed by atoms with Gasteiger partial charge in [0.2, 0.25) is 11.8 Å². The molecule has 4 rings (SSSR count). The van der Waals surface area contributed by atoms with E-state index in [1.807, 2.05) is 4.90 Å². The predicted octanol–water partition coefficient (Wildman–Crippen LogP) is 3.01. The minimum atomic E-state index is -4.40. The van der Waals surface area contributed by atoms with Gasteiger partial charge in [-0.25, -0.2) is 9.97 Å². The van der Waals surface area contributed by atoms with E-state index >= 15 is 0 Å². The molecule has 7 nitrogen and oxygen atoms in total. The summed E-state index contributed by atoms with van der Waals surface area (Å²) in [5.41, 5.74) is -0.124. The second-order valence-corrected chi connectivity index (χ2v) is 8.52. The molecule has 2 amide bonds. The van der Waals surface area contributed by atoms with Crippen LogP contribution in [-0.2, 0) is 22.2 Å². The highest BCUT2D eigenvalue weighted by Gasteiger charge is 2.31. The van der Waals surface area contributed by atoms with Crippen LogP contribution in [0.3, 0.4) is 0 Å². The van der Waals surface area contributed by atoms with Gasteiger partial charge in [0.1, 0.15) is 5.82 Å². The van der Waals surface area contributed by atoms with Crippen molar-refractivity contribution in [1.82, 2.24) is 15.3 Å². The third-order valence-electron chi connectivity index (χ3n) is 5.44. The quantitative estimate of drug-likeness (QED) is 0.753. The number of hydrogen-bond acceptors (Lipinski definition) is 6. The molecule has 31 heavy (non-hydrogen) atoms. The zero-order chi connectivity index (χ0) is 22.0. The molecule has 0 aromatic carbocycles. The van der Waals surface area contributed by atoms with E-state index in [-0.39, 0.29) is 24.3 Å². The number of alkyl halides is 3. The molecule has 0 radical (unpaired) electrons. The average Bonchev–Trinajstić information content (AvgIpc) is 3.36. The zero-order valence-corrected chi connectivity index (χ0v) is 17.5. The van der Waals surface area contributed by atoms with Gasteiger partial charge in [0.25, 0.3) is 0 Å². The van der Waals surface area contributed by atoms with E-state index in [4.69, 9.17) is 0 Å². The number of thiazole rings is 1. The topological polar surface area (TPSA) is 78.4 Å². The third-order valence-corrected chi connectivity index (χ3v) is 6.36. The van der Waals surface area contributed by atoms with E-state index in [1.165, 1.54) is 17.4 Å². The number of anilines is 2. The van der Waals surface area contributed by atoms with Crippen LogP contribution in [0.15, 0.2) is 23.7 Å². The van der Waals surface area contributed by atoms with E-state index in [9.17, 15) is 22.8 Å². The lowest BCUT2D eigenvalue weighted by Gasteiger charge is -2.33. The van der Waals surface area contributed by atoms with Gasteiger partial charge in [-0.15, -0.1) is 11.3 Å². The highest BCUT2D eigenvalue weighted by Crippen LogP contribution is 2.30. The van der Waals surface area contributed by atoms with Crippen molar-refractivity contribution in [3.05, 3.63) is 35.0 Å². The molecule has 2 aliphatic heterocycles. The molecule has 0 aliphatic carbocycles. The molecule has 0 bridgehead atoms. The number of piperidine rings is 1. The Bertz CT molecular complexity index is 939. The minimum Gasteiger partial charge on any atom is -0.356 e. The number of carbonyl (C=O) groups excluding carboxylic acids is 2. The molecule has 2 aromatic heterocycles. The first-order valence-electron chi connectivity index (χ1n) is 10.1. The number of aromatic nitrogens is 2. The molecule has 0 atom stereocenters. The number of amides is 2. The second-order valence-electron chi connectivity index (χ2n) is 7.68. The van der Waals surface area contributed by atoms with Crippen LogP contribution in [0.1, 0.15) is 36.9 Å². The van der Waals surface area contributed by atoms with Crippen molar-refractivity contribution in [2.45, 2.75) is 44.3 Å². The summed E-state index contributed by atoms with van der Waals surface area (Å²) in [6.07, 6.45) is -0.672. The largest absolute Gasteiger partial charge is 0.417 e. The number of hydrogen-bond donors (Lipinski definition) is 1. The van der Waals surface area contributed by atoms with Crippen LogP contribution >= 0.6 is 11.3 Å². The zero-order valence-electron chi connectivity index (χ0n) is 16.7. The monoisotopic (exact) mass is 453 g/mol. The Labute approximate surface area is 181 Å². The predicted molar refractivity (Wildman–Crippen MR) is 110 cm³/mol. The van der Waals surface area contributed by atoms with Crippen molar-refractivity contribution in [2.24, 2.45) is 0 Å². The lowest BCUT2D eigenvalue weighted by molar-refractivity contribution is -0.137. The molecule has 2 saturated heterocycles. The molecule has 2 aromatic rings.